The highest BCUT2D eigenvalue weighted by molar-refractivity contribution is 5.76. The Hall–Kier alpha value is -3.59. The van der Waals surface area contributed by atoms with Gasteiger partial charge in [0, 0.05) is 18.7 Å². The van der Waals surface area contributed by atoms with Gasteiger partial charge >= 0.3 is 29.6 Å². The second-order valence-corrected chi connectivity index (χ2v) is 11.8. The van der Waals surface area contributed by atoms with Gasteiger partial charge in [-0.05, 0) is 11.8 Å². The number of halogens is 1. The molecule has 1 aromatic heterocycles. The summed E-state index contributed by atoms with van der Waals surface area (Å²) in [5.41, 5.74) is 3.85. The SMILES string of the molecule is CC(C)CC(=O)OCn1c(=O)ccn([C@@H]2O[C@](F)(COC(=O)[C@@H](N)C(C)C)[C@@H](OC(=O)C(C)C)[C@H]2OC(=O)C(C)C)c1=O. The van der Waals surface area contributed by atoms with Crippen LogP contribution in [0, 0.1) is 23.7 Å². The zero-order chi connectivity index (χ0) is 32.8. The molecule has 2 heterocycles. The van der Waals surface area contributed by atoms with Crippen molar-refractivity contribution in [3.05, 3.63) is 33.1 Å². The first-order valence-corrected chi connectivity index (χ1v) is 14.1. The summed E-state index contributed by atoms with van der Waals surface area (Å²) in [4.78, 5) is 75.8. The van der Waals surface area contributed by atoms with Crippen molar-refractivity contribution in [2.45, 2.75) is 98.9 Å². The van der Waals surface area contributed by atoms with Gasteiger partial charge in [-0.2, -0.15) is 0 Å². The van der Waals surface area contributed by atoms with E-state index in [-0.39, 0.29) is 18.3 Å². The van der Waals surface area contributed by atoms with E-state index in [1.54, 1.807) is 27.7 Å². The Morgan fingerprint density at radius 2 is 1.53 bits per heavy atom. The number of ether oxygens (including phenoxy) is 5. The molecule has 15 heteroatoms. The average Bonchev–Trinajstić information content (AvgIpc) is 3.16. The molecule has 1 fully saturated rings. The molecule has 1 aliphatic rings. The highest BCUT2D eigenvalue weighted by Gasteiger charge is 2.62. The van der Waals surface area contributed by atoms with Gasteiger partial charge in [0.25, 0.3) is 11.4 Å². The van der Waals surface area contributed by atoms with Gasteiger partial charge < -0.3 is 29.4 Å². The van der Waals surface area contributed by atoms with Crippen molar-refractivity contribution in [2.75, 3.05) is 6.61 Å². The molecule has 2 N–H and O–H groups in total. The predicted molar refractivity (Wildman–Crippen MR) is 148 cm³/mol. The second-order valence-electron chi connectivity index (χ2n) is 11.8. The van der Waals surface area contributed by atoms with Crippen LogP contribution in [0.15, 0.2) is 21.9 Å². The van der Waals surface area contributed by atoms with Gasteiger partial charge in [-0.25, -0.2) is 13.8 Å². The summed E-state index contributed by atoms with van der Waals surface area (Å²) < 4.78 is 44.6. The Balaban J connectivity index is 2.61. The van der Waals surface area contributed by atoms with E-state index in [0.29, 0.717) is 4.57 Å². The summed E-state index contributed by atoms with van der Waals surface area (Å²) in [6, 6.07) is -0.186. The lowest BCUT2D eigenvalue weighted by Gasteiger charge is -2.28. The Morgan fingerprint density at radius 1 is 0.953 bits per heavy atom. The van der Waals surface area contributed by atoms with E-state index in [0.717, 1.165) is 16.8 Å². The van der Waals surface area contributed by atoms with E-state index in [1.807, 2.05) is 0 Å². The van der Waals surface area contributed by atoms with Crippen LogP contribution in [0.1, 0.15) is 68.0 Å². The highest BCUT2D eigenvalue weighted by Crippen LogP contribution is 2.42. The van der Waals surface area contributed by atoms with Crippen molar-refractivity contribution in [1.82, 2.24) is 9.13 Å². The maximum absolute atomic E-state index is 16.7. The van der Waals surface area contributed by atoms with Gasteiger partial charge in [-0.15, -0.1) is 0 Å². The number of aromatic nitrogens is 2. The number of esters is 4. The van der Waals surface area contributed by atoms with Gasteiger partial charge in [0.15, 0.2) is 25.7 Å². The molecule has 43 heavy (non-hydrogen) atoms. The van der Waals surface area contributed by atoms with Crippen molar-refractivity contribution in [3.8, 4) is 0 Å². The van der Waals surface area contributed by atoms with Crippen molar-refractivity contribution < 1.29 is 47.3 Å². The van der Waals surface area contributed by atoms with Crippen LogP contribution in [0.2, 0.25) is 0 Å². The lowest BCUT2D eigenvalue weighted by atomic mass is 10.1. The Morgan fingerprint density at radius 3 is 2.07 bits per heavy atom. The van der Waals surface area contributed by atoms with Crippen LogP contribution in [0.5, 0.6) is 0 Å². The number of carbonyl (C=O) groups excluding carboxylic acids is 4. The van der Waals surface area contributed by atoms with Crippen molar-refractivity contribution in [2.24, 2.45) is 29.4 Å². The van der Waals surface area contributed by atoms with E-state index in [2.05, 4.69) is 0 Å². The summed E-state index contributed by atoms with van der Waals surface area (Å²) in [5.74, 6) is -8.42. The molecule has 0 unspecified atom stereocenters. The summed E-state index contributed by atoms with van der Waals surface area (Å²) in [7, 11) is 0. The molecule has 1 saturated heterocycles. The molecular formula is C28H42FN3O11. The Bertz CT molecular complexity index is 1290. The standard InChI is InChI=1S/C28H42FN3O11/c1-14(2)11-19(34)40-13-32-18(33)9-10-31(27(32)38)23-21(41-24(35)16(5)6)22(42-25(36)17(7)8)28(29,43-23)12-39-26(37)20(30)15(3)4/h9-10,14-17,20-23H,11-13,30H2,1-8H3/t20-,21+,22-,23+,28+/m0/s1. The molecule has 0 aromatic carbocycles. The minimum absolute atomic E-state index is 0.0290. The molecule has 2 rings (SSSR count). The Kier molecular flexibility index (Phi) is 12.2. The lowest BCUT2D eigenvalue weighted by Crippen LogP contribution is -2.50. The van der Waals surface area contributed by atoms with E-state index < -0.39 is 90.6 Å². The summed E-state index contributed by atoms with van der Waals surface area (Å²) >= 11 is 0. The third-order valence-electron chi connectivity index (χ3n) is 6.46. The molecule has 14 nitrogen and oxygen atoms in total. The maximum Gasteiger partial charge on any atom is 0.336 e. The lowest BCUT2D eigenvalue weighted by molar-refractivity contribution is -0.226. The van der Waals surface area contributed by atoms with Crippen LogP contribution in [-0.2, 0) is 49.6 Å². The number of nitrogens with zero attached hydrogens (tertiary/aromatic N) is 2. The number of hydrogen-bond acceptors (Lipinski definition) is 12. The third kappa shape index (κ3) is 8.95. The first-order chi connectivity index (χ1) is 19.9. The quantitative estimate of drug-likeness (QED) is 0.249. The molecule has 0 aliphatic carbocycles. The molecular weight excluding hydrogens is 573 g/mol. The fourth-order valence-corrected chi connectivity index (χ4v) is 3.78. The van der Waals surface area contributed by atoms with E-state index in [1.165, 1.54) is 27.7 Å². The topological polar surface area (TPSA) is 184 Å². The van der Waals surface area contributed by atoms with Crippen molar-refractivity contribution in [3.63, 3.8) is 0 Å². The fraction of sp³-hybridized carbons (Fsp3) is 0.714. The van der Waals surface area contributed by atoms with Gasteiger partial charge in [0.1, 0.15) is 6.04 Å². The fourth-order valence-electron chi connectivity index (χ4n) is 3.78. The Labute approximate surface area is 248 Å². The minimum Gasteiger partial charge on any atom is -0.458 e. The number of alkyl halides is 1. The molecule has 1 aliphatic heterocycles. The first kappa shape index (κ1) is 35.6. The van der Waals surface area contributed by atoms with E-state index >= 15 is 4.39 Å². The van der Waals surface area contributed by atoms with Crippen LogP contribution in [0.25, 0.3) is 0 Å². The number of hydrogen-bond donors (Lipinski definition) is 1. The highest BCUT2D eigenvalue weighted by atomic mass is 19.2. The number of nitrogens with two attached hydrogens (primary N) is 1. The van der Waals surface area contributed by atoms with E-state index in [4.69, 9.17) is 29.4 Å². The zero-order valence-corrected chi connectivity index (χ0v) is 25.7. The summed E-state index contributed by atoms with van der Waals surface area (Å²) in [6.45, 7) is 10.9. The summed E-state index contributed by atoms with van der Waals surface area (Å²) in [6.07, 6.45) is -4.63. The van der Waals surface area contributed by atoms with Crippen LogP contribution in [0.3, 0.4) is 0 Å². The van der Waals surface area contributed by atoms with Crippen LogP contribution < -0.4 is 17.0 Å². The molecule has 0 radical (unpaired) electrons. The molecule has 0 spiro atoms. The average molecular weight is 616 g/mol. The first-order valence-electron chi connectivity index (χ1n) is 14.1. The van der Waals surface area contributed by atoms with Crippen LogP contribution in [0.4, 0.5) is 4.39 Å². The van der Waals surface area contributed by atoms with Gasteiger partial charge in [-0.3, -0.25) is 28.5 Å². The molecule has 0 amide bonds. The number of carbonyl (C=O) groups is 4. The number of rotatable bonds is 13. The van der Waals surface area contributed by atoms with Crippen LogP contribution in [-0.4, -0.2) is 63.7 Å². The van der Waals surface area contributed by atoms with Crippen molar-refractivity contribution in [1.29, 1.82) is 0 Å². The van der Waals surface area contributed by atoms with Gasteiger partial charge in [0.05, 0.1) is 11.8 Å². The maximum atomic E-state index is 16.7. The van der Waals surface area contributed by atoms with Crippen LogP contribution >= 0.6 is 0 Å². The molecule has 0 bridgehead atoms. The molecule has 242 valence electrons. The molecule has 0 saturated carbocycles. The largest absolute Gasteiger partial charge is 0.458 e. The zero-order valence-electron chi connectivity index (χ0n) is 25.7. The molecule has 5 atom stereocenters. The van der Waals surface area contributed by atoms with Crippen molar-refractivity contribution >= 4 is 23.9 Å². The van der Waals surface area contributed by atoms with E-state index in [9.17, 15) is 28.8 Å². The smallest absolute Gasteiger partial charge is 0.336 e. The van der Waals surface area contributed by atoms with Gasteiger partial charge in [0.2, 0.25) is 6.10 Å². The monoisotopic (exact) mass is 615 g/mol. The third-order valence-corrected chi connectivity index (χ3v) is 6.46. The second kappa shape index (κ2) is 14.7. The normalized spacial score (nSPS) is 22.6. The predicted octanol–water partition coefficient (Wildman–Crippen LogP) is 1.41. The molecule has 1 aromatic rings. The summed E-state index contributed by atoms with van der Waals surface area (Å²) in [5, 5.41) is 0. The minimum atomic E-state index is -3.13. The van der Waals surface area contributed by atoms with Gasteiger partial charge in [-0.1, -0.05) is 55.4 Å².